The summed E-state index contributed by atoms with van der Waals surface area (Å²) in [6, 6.07) is 4.98. The van der Waals surface area contributed by atoms with Gasteiger partial charge in [0.25, 0.3) is 0 Å². The first-order valence-corrected chi connectivity index (χ1v) is 14.8. The van der Waals surface area contributed by atoms with Crippen LogP contribution < -0.4 is 0 Å². The molecule has 0 spiro atoms. The average molecular weight is 423 g/mol. The van der Waals surface area contributed by atoms with Crippen molar-refractivity contribution in [1.82, 2.24) is 0 Å². The third kappa shape index (κ3) is 4.85. The van der Waals surface area contributed by atoms with E-state index in [0.29, 0.717) is 0 Å². The van der Waals surface area contributed by atoms with Crippen LogP contribution in [0, 0.1) is 11.8 Å². The SMILES string of the molecule is CCCCCCS1(CCC(C)CCCC(C)C)c2ccsc2-c2sccc21. The van der Waals surface area contributed by atoms with Gasteiger partial charge in [-0.2, -0.15) is 10.0 Å². The Hall–Kier alpha value is -0.250. The van der Waals surface area contributed by atoms with Gasteiger partial charge >= 0.3 is 0 Å². The van der Waals surface area contributed by atoms with Gasteiger partial charge < -0.3 is 0 Å². The molecule has 3 heteroatoms. The van der Waals surface area contributed by atoms with Crippen LogP contribution in [0.3, 0.4) is 0 Å². The van der Waals surface area contributed by atoms with E-state index in [9.17, 15) is 0 Å². The predicted molar refractivity (Wildman–Crippen MR) is 128 cm³/mol. The predicted octanol–water partition coefficient (Wildman–Crippen LogP) is 9.45. The highest BCUT2D eigenvalue weighted by molar-refractivity contribution is 8.34. The molecule has 0 aliphatic carbocycles. The highest BCUT2D eigenvalue weighted by atomic mass is 32.3. The van der Waals surface area contributed by atoms with Crippen LogP contribution in [0.1, 0.15) is 79.1 Å². The van der Waals surface area contributed by atoms with E-state index in [0.717, 1.165) is 11.8 Å². The van der Waals surface area contributed by atoms with Gasteiger partial charge in [0.15, 0.2) is 0 Å². The van der Waals surface area contributed by atoms with Crippen LogP contribution in [-0.4, -0.2) is 11.5 Å². The zero-order valence-corrected chi connectivity index (χ0v) is 20.2. The van der Waals surface area contributed by atoms with E-state index >= 15 is 0 Å². The second kappa shape index (κ2) is 9.98. The summed E-state index contributed by atoms with van der Waals surface area (Å²) >= 11 is 3.98. The summed E-state index contributed by atoms with van der Waals surface area (Å²) in [7, 11) is -0.789. The minimum atomic E-state index is -0.789. The van der Waals surface area contributed by atoms with Crippen molar-refractivity contribution in [2.24, 2.45) is 11.8 Å². The molecule has 1 atom stereocenters. The highest BCUT2D eigenvalue weighted by Gasteiger charge is 2.40. The number of hydrogen-bond acceptors (Lipinski definition) is 2. The topological polar surface area (TPSA) is 0 Å². The fourth-order valence-electron chi connectivity index (χ4n) is 4.40. The van der Waals surface area contributed by atoms with Gasteiger partial charge in [0.05, 0.1) is 9.75 Å². The van der Waals surface area contributed by atoms with E-state index < -0.39 is 10.0 Å². The Labute approximate surface area is 177 Å². The van der Waals surface area contributed by atoms with Crippen LogP contribution in [0.25, 0.3) is 9.75 Å². The van der Waals surface area contributed by atoms with Crippen molar-refractivity contribution in [1.29, 1.82) is 0 Å². The van der Waals surface area contributed by atoms with Gasteiger partial charge in [0.2, 0.25) is 0 Å². The molecule has 0 fully saturated rings. The van der Waals surface area contributed by atoms with Gasteiger partial charge in [-0.3, -0.25) is 0 Å². The second-order valence-corrected chi connectivity index (χ2v) is 14.1. The van der Waals surface area contributed by atoms with Crippen molar-refractivity contribution in [3.8, 4) is 9.75 Å². The third-order valence-electron chi connectivity index (χ3n) is 6.09. The Kier molecular flexibility index (Phi) is 7.93. The molecule has 1 unspecified atom stereocenters. The molecule has 0 N–H and O–H groups in total. The van der Waals surface area contributed by atoms with Crippen LogP contribution in [0.4, 0.5) is 0 Å². The first-order valence-electron chi connectivity index (χ1n) is 11.0. The summed E-state index contributed by atoms with van der Waals surface area (Å²) in [4.78, 5) is 6.75. The lowest BCUT2D eigenvalue weighted by Crippen LogP contribution is -2.11. The highest BCUT2D eigenvalue weighted by Crippen LogP contribution is 2.74. The molecular formula is C24H38S3. The molecule has 3 heterocycles. The standard InChI is InChI=1S/C24H38S3/c1-5-6-7-8-17-27(18-14-20(4)11-9-10-19(2)3)21-12-15-25-23(21)24-22(27)13-16-26-24/h12-13,15-16,19-20H,5-11,14,17-18H2,1-4H3. The number of rotatable bonds is 12. The number of fused-ring (bicyclic) bond motifs is 3. The molecule has 2 aromatic rings. The molecule has 27 heavy (non-hydrogen) atoms. The van der Waals surface area contributed by atoms with E-state index in [1.807, 2.05) is 22.7 Å². The average Bonchev–Trinajstić information content (AvgIpc) is 3.33. The molecule has 0 amide bonds. The van der Waals surface area contributed by atoms with Crippen LogP contribution >= 0.6 is 32.7 Å². The fourth-order valence-corrected chi connectivity index (χ4v) is 12.1. The molecule has 2 aromatic heterocycles. The maximum atomic E-state index is 2.50. The van der Waals surface area contributed by atoms with Crippen molar-refractivity contribution in [3.05, 3.63) is 22.9 Å². The fraction of sp³-hybridized carbons (Fsp3) is 0.667. The molecule has 0 saturated heterocycles. The van der Waals surface area contributed by atoms with Crippen LogP contribution in [-0.2, 0) is 0 Å². The second-order valence-electron chi connectivity index (χ2n) is 8.80. The van der Waals surface area contributed by atoms with Crippen molar-refractivity contribution in [2.45, 2.75) is 88.9 Å². The molecule has 1 aliphatic heterocycles. The Bertz CT molecular complexity index is 654. The molecule has 0 saturated carbocycles. The molecule has 1 aliphatic rings. The Morgan fingerprint density at radius 1 is 0.778 bits per heavy atom. The maximum absolute atomic E-state index is 2.50. The monoisotopic (exact) mass is 422 g/mol. The number of thiophene rings is 2. The van der Waals surface area contributed by atoms with Gasteiger partial charge in [-0.15, -0.1) is 22.7 Å². The summed E-state index contributed by atoms with van der Waals surface area (Å²) in [5.41, 5.74) is 0. The van der Waals surface area contributed by atoms with Gasteiger partial charge in [-0.1, -0.05) is 66.2 Å². The molecule has 3 rings (SSSR count). The van der Waals surface area contributed by atoms with Crippen molar-refractivity contribution >= 4 is 32.7 Å². The van der Waals surface area contributed by atoms with Crippen molar-refractivity contribution in [3.63, 3.8) is 0 Å². The summed E-state index contributed by atoms with van der Waals surface area (Å²) in [5.74, 6) is 4.58. The zero-order valence-electron chi connectivity index (χ0n) is 17.8. The van der Waals surface area contributed by atoms with E-state index in [1.54, 1.807) is 19.5 Å². The largest absolute Gasteiger partial charge is 0.185 e. The third-order valence-corrected chi connectivity index (χ3v) is 12.6. The molecular weight excluding hydrogens is 384 g/mol. The quantitative estimate of drug-likeness (QED) is 0.299. The molecule has 0 radical (unpaired) electrons. The Balaban J connectivity index is 1.73. The maximum Gasteiger partial charge on any atom is 0.0577 e. The Morgan fingerprint density at radius 2 is 1.44 bits per heavy atom. The smallest absolute Gasteiger partial charge is 0.0577 e. The van der Waals surface area contributed by atoms with Crippen LogP contribution in [0.15, 0.2) is 32.7 Å². The van der Waals surface area contributed by atoms with E-state index in [4.69, 9.17) is 0 Å². The summed E-state index contributed by atoms with van der Waals surface area (Å²) < 4.78 is 0. The lowest BCUT2D eigenvalue weighted by atomic mass is 9.98. The summed E-state index contributed by atoms with van der Waals surface area (Å²) in [5, 5.41) is 4.71. The summed E-state index contributed by atoms with van der Waals surface area (Å²) in [6.07, 6.45) is 11.2. The molecule has 0 aromatic carbocycles. The minimum Gasteiger partial charge on any atom is -0.185 e. The molecule has 0 nitrogen and oxygen atoms in total. The van der Waals surface area contributed by atoms with E-state index in [1.165, 1.54) is 62.9 Å². The molecule has 152 valence electrons. The molecule has 0 bridgehead atoms. The van der Waals surface area contributed by atoms with Crippen molar-refractivity contribution in [2.75, 3.05) is 11.5 Å². The van der Waals surface area contributed by atoms with Gasteiger partial charge in [0, 0.05) is 9.79 Å². The zero-order chi connectivity index (χ0) is 19.3. The summed E-state index contributed by atoms with van der Waals surface area (Å²) in [6.45, 7) is 9.54. The van der Waals surface area contributed by atoms with Gasteiger partial charge in [0.1, 0.15) is 0 Å². The number of unbranched alkanes of at least 4 members (excludes halogenated alkanes) is 3. The minimum absolute atomic E-state index is 0.789. The van der Waals surface area contributed by atoms with Crippen LogP contribution in [0.5, 0.6) is 0 Å². The lowest BCUT2D eigenvalue weighted by molar-refractivity contribution is 0.450. The van der Waals surface area contributed by atoms with Gasteiger partial charge in [-0.25, -0.2) is 0 Å². The lowest BCUT2D eigenvalue weighted by Gasteiger charge is -2.38. The van der Waals surface area contributed by atoms with Crippen molar-refractivity contribution < 1.29 is 0 Å². The van der Waals surface area contributed by atoms with E-state index in [2.05, 4.69) is 50.6 Å². The first kappa shape index (κ1) is 21.5. The van der Waals surface area contributed by atoms with Gasteiger partial charge in [-0.05, 0) is 59.1 Å². The number of hydrogen-bond donors (Lipinski definition) is 0. The Morgan fingerprint density at radius 3 is 2.04 bits per heavy atom. The first-order chi connectivity index (χ1) is 13.1. The normalized spacial score (nSPS) is 17.1. The van der Waals surface area contributed by atoms with E-state index in [-0.39, 0.29) is 0 Å². The van der Waals surface area contributed by atoms with Crippen LogP contribution in [0.2, 0.25) is 0 Å².